The van der Waals surface area contributed by atoms with Gasteiger partial charge in [-0.3, -0.25) is 29.9 Å². The molecule has 0 bridgehead atoms. The lowest BCUT2D eigenvalue weighted by atomic mass is 9.94. The molecule has 1 aliphatic rings. The zero-order valence-corrected chi connectivity index (χ0v) is 16.9. The first kappa shape index (κ1) is 23.5. The molecule has 0 spiro atoms. The third kappa shape index (κ3) is 5.54. The van der Waals surface area contributed by atoms with Gasteiger partial charge in [-0.25, -0.2) is 8.78 Å². The van der Waals surface area contributed by atoms with E-state index in [9.17, 15) is 44.0 Å². The number of carbonyl (C=O) groups excluding carboxylic acids is 1. The van der Waals surface area contributed by atoms with Crippen molar-refractivity contribution >= 4 is 29.3 Å². The molecule has 3 rings (SSSR count). The highest BCUT2D eigenvalue weighted by Crippen LogP contribution is 2.30. The Balaban J connectivity index is 2.03. The molecule has 12 heteroatoms. The molecule has 0 saturated carbocycles. The van der Waals surface area contributed by atoms with E-state index in [2.05, 4.69) is 0 Å². The largest absolute Gasteiger partial charge is 0.502 e. The molecule has 172 valence electrons. The van der Waals surface area contributed by atoms with Crippen LogP contribution in [0.2, 0.25) is 0 Å². The van der Waals surface area contributed by atoms with Gasteiger partial charge in [0.2, 0.25) is 0 Å². The van der Waals surface area contributed by atoms with E-state index >= 15 is 0 Å². The summed E-state index contributed by atoms with van der Waals surface area (Å²) < 4.78 is 26.1. The molecule has 2 N–H and O–H groups in total. The highest BCUT2D eigenvalue weighted by Gasteiger charge is 2.28. The molecule has 10 nitrogen and oxygen atoms in total. The number of likely N-dealkylation sites (tertiary alicyclic amines) is 1. The third-order valence-corrected chi connectivity index (χ3v) is 4.84. The average molecular weight is 461 g/mol. The highest BCUT2D eigenvalue weighted by atomic mass is 19.3. The van der Waals surface area contributed by atoms with E-state index in [1.54, 1.807) is 0 Å². The Kier molecular flexibility index (Phi) is 6.78. The number of ketones is 1. The Hall–Kier alpha value is -4.19. The Bertz CT molecular complexity index is 1110. The maximum absolute atomic E-state index is 13.0. The van der Waals surface area contributed by atoms with Crippen molar-refractivity contribution in [1.82, 2.24) is 4.90 Å². The van der Waals surface area contributed by atoms with Gasteiger partial charge in [-0.15, -0.1) is 0 Å². The summed E-state index contributed by atoms with van der Waals surface area (Å²) in [6, 6.07) is 6.94. The first-order valence-electron chi connectivity index (χ1n) is 9.46. The number of phenolic OH excluding ortho intramolecular Hbond substituents is 2. The summed E-state index contributed by atoms with van der Waals surface area (Å²) in [5.74, 6) is -1.65. The van der Waals surface area contributed by atoms with Crippen LogP contribution >= 0.6 is 0 Å². The normalized spacial score (nSPS) is 17.1. The number of Topliss-reactive ketones (excluding diaryl/α,β-unsaturated/α-hetero) is 1. The van der Waals surface area contributed by atoms with Crippen molar-refractivity contribution in [2.24, 2.45) is 0 Å². The van der Waals surface area contributed by atoms with Crippen molar-refractivity contribution in [2.45, 2.75) is 6.43 Å². The number of nitro benzene ring substituents is 2. The second-order valence-corrected chi connectivity index (χ2v) is 7.24. The fourth-order valence-corrected chi connectivity index (χ4v) is 3.39. The molecule has 1 heterocycles. The molecule has 33 heavy (non-hydrogen) atoms. The monoisotopic (exact) mass is 461 g/mol. The lowest BCUT2D eigenvalue weighted by molar-refractivity contribution is -0.386. The topological polar surface area (TPSA) is 147 Å². The maximum atomic E-state index is 13.0. The number of benzene rings is 2. The van der Waals surface area contributed by atoms with E-state index in [-0.39, 0.29) is 35.4 Å². The minimum Gasteiger partial charge on any atom is -0.502 e. The van der Waals surface area contributed by atoms with Gasteiger partial charge in [0.05, 0.1) is 16.4 Å². The van der Waals surface area contributed by atoms with Gasteiger partial charge in [-0.1, -0.05) is 12.1 Å². The summed E-state index contributed by atoms with van der Waals surface area (Å²) in [7, 11) is 0. The zero-order chi connectivity index (χ0) is 24.3. The van der Waals surface area contributed by atoms with Crippen LogP contribution < -0.4 is 0 Å². The van der Waals surface area contributed by atoms with Crippen molar-refractivity contribution in [3.63, 3.8) is 0 Å². The van der Waals surface area contributed by atoms with Gasteiger partial charge in [-0.2, -0.15) is 0 Å². The fraction of sp³-hybridized carbons (Fsp3) is 0.190. The maximum Gasteiger partial charge on any atom is 0.311 e. The molecule has 1 saturated heterocycles. The molecule has 0 aliphatic carbocycles. The smallest absolute Gasteiger partial charge is 0.311 e. The quantitative estimate of drug-likeness (QED) is 0.377. The van der Waals surface area contributed by atoms with E-state index in [0.717, 1.165) is 24.3 Å². The van der Waals surface area contributed by atoms with Gasteiger partial charge in [0.1, 0.15) is 0 Å². The molecular weight excluding hydrogens is 444 g/mol. The molecule has 0 amide bonds. The zero-order valence-electron chi connectivity index (χ0n) is 16.9. The standard InChI is InChI=1S/C21H17F2N3O7/c22-20(23)11-24-9-14(5-12-1-3-18(27)16(7-12)25(30)31)21(29)15(10-24)6-13-2-4-19(28)17(8-13)26(32)33/h1-8,20,27-28H,9-11H2/b14-5-,15-6+. The van der Waals surface area contributed by atoms with E-state index in [4.69, 9.17) is 0 Å². The summed E-state index contributed by atoms with van der Waals surface area (Å²) in [5, 5.41) is 41.3. The van der Waals surface area contributed by atoms with Gasteiger partial charge in [-0.05, 0) is 35.4 Å². The summed E-state index contributed by atoms with van der Waals surface area (Å²) in [6.45, 7) is -0.941. The van der Waals surface area contributed by atoms with Crippen LogP contribution in [0.3, 0.4) is 0 Å². The molecular formula is C21H17F2N3O7. The predicted octanol–water partition coefficient (Wildman–Crippen LogP) is 3.53. The number of hydrogen-bond acceptors (Lipinski definition) is 8. The highest BCUT2D eigenvalue weighted by molar-refractivity contribution is 6.14. The van der Waals surface area contributed by atoms with Crippen molar-refractivity contribution in [3.8, 4) is 11.5 Å². The van der Waals surface area contributed by atoms with Crippen molar-refractivity contribution in [2.75, 3.05) is 19.6 Å². The SMILES string of the molecule is O=C1/C(=C\c2ccc(O)c([N+](=O)[O-])c2)CN(CC(F)F)C/C1=C\c1ccc(O)c([N+](=O)[O-])c1. The van der Waals surface area contributed by atoms with Crippen LogP contribution in [0.15, 0.2) is 47.5 Å². The summed E-state index contributed by atoms with van der Waals surface area (Å²) in [6.07, 6.45) is -0.0795. The minimum atomic E-state index is -2.69. The Morgan fingerprint density at radius 3 is 1.70 bits per heavy atom. The molecule has 0 radical (unpaired) electrons. The number of carbonyl (C=O) groups is 1. The van der Waals surface area contributed by atoms with E-state index in [0.29, 0.717) is 0 Å². The van der Waals surface area contributed by atoms with Crippen molar-refractivity contribution in [1.29, 1.82) is 0 Å². The molecule has 2 aromatic carbocycles. The molecule has 0 atom stereocenters. The Labute approximate surface area is 185 Å². The Morgan fingerprint density at radius 2 is 1.33 bits per heavy atom. The first-order chi connectivity index (χ1) is 15.5. The van der Waals surface area contributed by atoms with Crippen LogP contribution in [-0.4, -0.2) is 56.8 Å². The van der Waals surface area contributed by atoms with Gasteiger partial charge in [0, 0.05) is 36.4 Å². The van der Waals surface area contributed by atoms with Crippen molar-refractivity contribution < 1.29 is 33.6 Å². The van der Waals surface area contributed by atoms with Crippen LogP contribution in [0.4, 0.5) is 20.2 Å². The van der Waals surface area contributed by atoms with Crippen molar-refractivity contribution in [3.05, 3.63) is 78.9 Å². The second kappa shape index (κ2) is 9.53. The number of phenols is 2. The van der Waals surface area contributed by atoms with Gasteiger partial charge < -0.3 is 10.2 Å². The number of hydrogen-bond donors (Lipinski definition) is 2. The van der Waals surface area contributed by atoms with Crippen LogP contribution in [0.25, 0.3) is 12.2 Å². The molecule has 2 aromatic rings. The predicted molar refractivity (Wildman–Crippen MR) is 113 cm³/mol. The lowest BCUT2D eigenvalue weighted by Gasteiger charge is -2.29. The number of halogens is 2. The molecule has 0 aromatic heterocycles. The summed E-state index contributed by atoms with van der Waals surface area (Å²) in [4.78, 5) is 34.8. The lowest BCUT2D eigenvalue weighted by Crippen LogP contribution is -2.40. The summed E-state index contributed by atoms with van der Waals surface area (Å²) in [5.41, 5.74) is -0.598. The number of alkyl halides is 2. The Morgan fingerprint density at radius 1 is 0.909 bits per heavy atom. The average Bonchev–Trinajstić information content (AvgIpc) is 2.73. The second-order valence-electron chi connectivity index (χ2n) is 7.24. The molecule has 1 aliphatic heterocycles. The van der Waals surface area contributed by atoms with E-state index in [1.165, 1.54) is 29.2 Å². The molecule has 0 unspecified atom stereocenters. The van der Waals surface area contributed by atoms with Gasteiger partial charge in [0.25, 0.3) is 6.43 Å². The molecule has 1 fully saturated rings. The summed E-state index contributed by atoms with van der Waals surface area (Å²) >= 11 is 0. The van der Waals surface area contributed by atoms with Gasteiger partial charge >= 0.3 is 11.4 Å². The van der Waals surface area contributed by atoms with Gasteiger partial charge in [0.15, 0.2) is 17.3 Å². The van der Waals surface area contributed by atoms with Crippen LogP contribution in [-0.2, 0) is 4.79 Å². The number of piperidine rings is 1. The number of nitro groups is 2. The van der Waals surface area contributed by atoms with Crippen LogP contribution in [0.1, 0.15) is 11.1 Å². The number of nitrogens with zero attached hydrogens (tertiary/aromatic N) is 3. The van der Waals surface area contributed by atoms with Crippen LogP contribution in [0.5, 0.6) is 11.5 Å². The fourth-order valence-electron chi connectivity index (χ4n) is 3.39. The number of rotatable bonds is 6. The number of aromatic hydroxyl groups is 2. The van der Waals surface area contributed by atoms with Crippen LogP contribution in [0, 0.1) is 20.2 Å². The van der Waals surface area contributed by atoms with E-state index < -0.39 is 51.5 Å². The van der Waals surface area contributed by atoms with E-state index in [1.807, 2.05) is 0 Å². The first-order valence-corrected chi connectivity index (χ1v) is 9.46. The minimum absolute atomic E-state index is 0.0708. The third-order valence-electron chi connectivity index (χ3n) is 4.84.